The van der Waals surface area contributed by atoms with Crippen LogP contribution in [0.15, 0.2) is 24.3 Å². The van der Waals surface area contributed by atoms with Crippen LogP contribution >= 0.6 is 0 Å². The second-order valence-electron chi connectivity index (χ2n) is 6.44. The molecule has 1 N–H and O–H groups in total. The van der Waals surface area contributed by atoms with Crippen molar-refractivity contribution in [3.05, 3.63) is 35.5 Å². The Balaban J connectivity index is 2.20. The Morgan fingerprint density at radius 3 is 2.90 bits per heavy atom. The summed E-state index contributed by atoms with van der Waals surface area (Å²) in [4.78, 5) is 0. The van der Waals surface area contributed by atoms with Gasteiger partial charge >= 0.3 is 0 Å². The maximum atomic E-state index is 5.45. The highest BCUT2D eigenvalue weighted by Gasteiger charge is 2.37. The lowest BCUT2D eigenvalue weighted by molar-refractivity contribution is 0.183. The van der Waals surface area contributed by atoms with E-state index in [-0.39, 0.29) is 5.41 Å². The van der Waals surface area contributed by atoms with Crippen molar-refractivity contribution in [3.8, 4) is 12.3 Å². The molecular formula is C18H22N2. The highest BCUT2D eigenvalue weighted by Crippen LogP contribution is 2.45. The smallest absolute Gasteiger partial charge is 0.0579 e. The van der Waals surface area contributed by atoms with E-state index in [0.717, 1.165) is 6.54 Å². The van der Waals surface area contributed by atoms with Crippen molar-refractivity contribution in [2.75, 3.05) is 6.54 Å². The Morgan fingerprint density at radius 1 is 1.40 bits per heavy atom. The summed E-state index contributed by atoms with van der Waals surface area (Å²) in [6, 6.07) is 9.01. The van der Waals surface area contributed by atoms with E-state index >= 15 is 0 Å². The highest BCUT2D eigenvalue weighted by atomic mass is 15.1. The molecule has 1 aliphatic heterocycles. The molecule has 104 valence electrons. The minimum Gasteiger partial charge on any atom is -0.343 e. The lowest BCUT2D eigenvalue weighted by Gasteiger charge is -2.40. The molecule has 20 heavy (non-hydrogen) atoms. The van der Waals surface area contributed by atoms with Gasteiger partial charge in [0.15, 0.2) is 0 Å². The molecular weight excluding hydrogens is 244 g/mol. The third kappa shape index (κ3) is 1.85. The number of aryl methyl sites for hydroxylation is 2. The Labute approximate surface area is 121 Å². The molecule has 3 rings (SSSR count). The fraction of sp³-hybridized carbons (Fsp3) is 0.444. The molecule has 2 nitrogen and oxygen atoms in total. The number of fused-ring (bicyclic) bond motifs is 3. The molecule has 0 saturated carbocycles. The van der Waals surface area contributed by atoms with Gasteiger partial charge in [-0.1, -0.05) is 38.0 Å². The van der Waals surface area contributed by atoms with Crippen LogP contribution in [0, 0.1) is 24.7 Å². The number of nitrogens with one attached hydrogen (secondary N) is 1. The first-order valence-corrected chi connectivity index (χ1v) is 7.31. The van der Waals surface area contributed by atoms with Gasteiger partial charge in [0.1, 0.15) is 0 Å². The highest BCUT2D eigenvalue weighted by molar-refractivity contribution is 5.85. The minimum absolute atomic E-state index is 0.228. The zero-order chi connectivity index (χ0) is 14.3. The van der Waals surface area contributed by atoms with E-state index in [0.29, 0.717) is 12.6 Å². The predicted molar refractivity (Wildman–Crippen MR) is 84.6 cm³/mol. The monoisotopic (exact) mass is 266 g/mol. The Kier molecular flexibility index (Phi) is 3.11. The molecule has 2 heterocycles. The number of nitrogens with zero attached hydrogens (tertiary/aromatic N) is 1. The summed E-state index contributed by atoms with van der Waals surface area (Å²) in [6.07, 6.45) is 6.62. The summed E-state index contributed by atoms with van der Waals surface area (Å²) in [6.45, 7) is 8.61. The minimum atomic E-state index is 0.228. The fourth-order valence-electron chi connectivity index (χ4n) is 3.56. The molecule has 0 bridgehead atoms. The molecule has 0 saturated heterocycles. The van der Waals surface area contributed by atoms with Crippen LogP contribution in [0.1, 0.15) is 37.6 Å². The lowest BCUT2D eigenvalue weighted by atomic mass is 9.76. The lowest BCUT2D eigenvalue weighted by Crippen LogP contribution is -2.40. The SMILES string of the molecule is C#CCNC1c2c(C)c3ccccc3n2CCC1(C)C. The van der Waals surface area contributed by atoms with Crippen LogP contribution in [0.5, 0.6) is 0 Å². The van der Waals surface area contributed by atoms with Crippen molar-refractivity contribution in [3.63, 3.8) is 0 Å². The second kappa shape index (κ2) is 4.68. The molecule has 0 amide bonds. The molecule has 2 aromatic rings. The zero-order valence-electron chi connectivity index (χ0n) is 12.5. The van der Waals surface area contributed by atoms with Crippen LogP contribution in [-0.4, -0.2) is 11.1 Å². The summed E-state index contributed by atoms with van der Waals surface area (Å²) in [7, 11) is 0. The van der Waals surface area contributed by atoms with Gasteiger partial charge in [0.05, 0.1) is 12.6 Å². The fourth-order valence-corrected chi connectivity index (χ4v) is 3.56. The topological polar surface area (TPSA) is 17.0 Å². The standard InChI is InChI=1S/C18H22N2/c1-5-11-19-17-16-13(2)14-8-6-7-9-15(14)20(16)12-10-18(17,3)4/h1,6-9,17,19H,10-12H2,2-4H3. The van der Waals surface area contributed by atoms with Gasteiger partial charge in [-0.2, -0.15) is 0 Å². The molecule has 0 fully saturated rings. The van der Waals surface area contributed by atoms with Crippen LogP contribution in [0.3, 0.4) is 0 Å². The summed E-state index contributed by atoms with van der Waals surface area (Å²) in [5, 5.41) is 4.93. The van der Waals surface area contributed by atoms with Crippen LogP contribution in [0.25, 0.3) is 10.9 Å². The van der Waals surface area contributed by atoms with Gasteiger partial charge in [-0.05, 0) is 30.4 Å². The average Bonchev–Trinajstić information content (AvgIpc) is 2.71. The van der Waals surface area contributed by atoms with E-state index in [1.807, 2.05) is 0 Å². The number of benzene rings is 1. The number of hydrogen-bond acceptors (Lipinski definition) is 1. The summed E-state index contributed by atoms with van der Waals surface area (Å²) >= 11 is 0. The number of rotatable bonds is 2. The van der Waals surface area contributed by atoms with Crippen LogP contribution < -0.4 is 5.32 Å². The maximum Gasteiger partial charge on any atom is 0.0579 e. The van der Waals surface area contributed by atoms with Crippen molar-refractivity contribution in [1.82, 2.24) is 9.88 Å². The number of para-hydroxylation sites is 1. The van der Waals surface area contributed by atoms with Gasteiger partial charge in [0.2, 0.25) is 0 Å². The second-order valence-corrected chi connectivity index (χ2v) is 6.44. The normalized spacial score (nSPS) is 20.6. The average molecular weight is 266 g/mol. The Morgan fingerprint density at radius 2 is 2.15 bits per heavy atom. The molecule has 1 aliphatic rings. The van der Waals surface area contributed by atoms with Gasteiger partial charge < -0.3 is 4.57 Å². The third-order valence-electron chi connectivity index (χ3n) is 4.72. The van der Waals surface area contributed by atoms with E-state index in [1.54, 1.807) is 0 Å². The van der Waals surface area contributed by atoms with Crippen molar-refractivity contribution in [2.24, 2.45) is 5.41 Å². The summed E-state index contributed by atoms with van der Waals surface area (Å²) < 4.78 is 2.48. The van der Waals surface area contributed by atoms with Crippen LogP contribution in [0.2, 0.25) is 0 Å². The van der Waals surface area contributed by atoms with Crippen molar-refractivity contribution >= 4 is 10.9 Å². The quantitative estimate of drug-likeness (QED) is 0.821. The number of terminal acetylenes is 1. The van der Waals surface area contributed by atoms with Gasteiger partial charge in [-0.15, -0.1) is 6.42 Å². The van der Waals surface area contributed by atoms with E-state index in [2.05, 4.69) is 60.8 Å². The predicted octanol–water partition coefficient (Wildman–Crippen LogP) is 3.64. The van der Waals surface area contributed by atoms with Gasteiger partial charge in [-0.25, -0.2) is 0 Å². The Hall–Kier alpha value is -1.72. The van der Waals surface area contributed by atoms with Gasteiger partial charge in [-0.3, -0.25) is 5.32 Å². The van der Waals surface area contributed by atoms with Crippen LogP contribution in [-0.2, 0) is 6.54 Å². The van der Waals surface area contributed by atoms with E-state index in [1.165, 1.54) is 28.6 Å². The molecule has 1 aromatic heterocycles. The van der Waals surface area contributed by atoms with Gasteiger partial charge in [0, 0.05) is 23.1 Å². The molecule has 0 radical (unpaired) electrons. The number of aromatic nitrogens is 1. The van der Waals surface area contributed by atoms with Crippen molar-refractivity contribution in [2.45, 2.75) is 39.8 Å². The zero-order valence-corrected chi connectivity index (χ0v) is 12.5. The maximum absolute atomic E-state index is 5.45. The van der Waals surface area contributed by atoms with Crippen molar-refractivity contribution < 1.29 is 0 Å². The summed E-state index contributed by atoms with van der Waals surface area (Å²) in [5.74, 6) is 2.72. The molecule has 1 aromatic carbocycles. The van der Waals surface area contributed by atoms with E-state index in [4.69, 9.17) is 6.42 Å². The number of hydrogen-bond donors (Lipinski definition) is 1. The summed E-state index contributed by atoms with van der Waals surface area (Å²) in [5.41, 5.74) is 4.38. The molecule has 1 unspecified atom stereocenters. The van der Waals surface area contributed by atoms with Crippen LogP contribution in [0.4, 0.5) is 0 Å². The molecule has 0 aliphatic carbocycles. The first-order chi connectivity index (χ1) is 9.56. The molecule has 2 heteroatoms. The third-order valence-corrected chi connectivity index (χ3v) is 4.72. The first kappa shape index (κ1) is 13.3. The van der Waals surface area contributed by atoms with Crippen molar-refractivity contribution in [1.29, 1.82) is 0 Å². The first-order valence-electron chi connectivity index (χ1n) is 7.31. The molecule has 0 spiro atoms. The van der Waals surface area contributed by atoms with E-state index < -0.39 is 0 Å². The van der Waals surface area contributed by atoms with E-state index in [9.17, 15) is 0 Å². The largest absolute Gasteiger partial charge is 0.343 e. The molecule has 1 atom stereocenters. The van der Waals surface area contributed by atoms with Gasteiger partial charge in [0.25, 0.3) is 0 Å². The Bertz CT molecular complexity index is 685.